The summed E-state index contributed by atoms with van der Waals surface area (Å²) in [6.07, 6.45) is 2.93. The van der Waals surface area contributed by atoms with Crippen LogP contribution in [0.3, 0.4) is 0 Å². The number of carbonyl (C=O) groups excluding carboxylic acids is 1. The zero-order chi connectivity index (χ0) is 14.6. The Morgan fingerprint density at radius 2 is 2.05 bits per heavy atom. The van der Waals surface area contributed by atoms with Gasteiger partial charge in [-0.2, -0.15) is 0 Å². The highest BCUT2D eigenvalue weighted by Crippen LogP contribution is 2.23. The van der Waals surface area contributed by atoms with Crippen molar-refractivity contribution in [1.29, 1.82) is 0 Å². The lowest BCUT2D eigenvalue weighted by Crippen LogP contribution is -2.36. The highest BCUT2D eigenvalue weighted by Gasteiger charge is 2.20. The van der Waals surface area contributed by atoms with Crippen molar-refractivity contribution in [2.24, 2.45) is 5.92 Å². The summed E-state index contributed by atoms with van der Waals surface area (Å²) >= 11 is 0. The summed E-state index contributed by atoms with van der Waals surface area (Å²) in [6.45, 7) is 3.74. The number of nitrogens with zero attached hydrogens (tertiary/aromatic N) is 1. The molecule has 1 unspecified atom stereocenters. The first-order chi connectivity index (χ1) is 9.56. The molecule has 6 heteroatoms. The van der Waals surface area contributed by atoms with Crippen molar-refractivity contribution in [3.8, 4) is 0 Å². The van der Waals surface area contributed by atoms with E-state index in [2.05, 4.69) is 9.62 Å². The van der Waals surface area contributed by atoms with Gasteiger partial charge in [-0.1, -0.05) is 6.92 Å². The average molecular weight is 296 g/mol. The molecule has 1 aliphatic heterocycles. The molecule has 0 aliphatic carbocycles. The molecule has 1 atom stereocenters. The number of nitrogens with one attached hydrogen (secondary N) is 1. The normalized spacial score (nSPS) is 19.9. The number of carbonyl (C=O) groups is 1. The van der Waals surface area contributed by atoms with Crippen LogP contribution in [0.1, 0.15) is 19.8 Å². The van der Waals surface area contributed by atoms with Crippen LogP contribution in [0.15, 0.2) is 29.2 Å². The summed E-state index contributed by atoms with van der Waals surface area (Å²) in [6, 6.07) is 6.82. The Hall–Kier alpha value is -1.40. The molecule has 1 N–H and O–H groups in total. The first-order valence-electron chi connectivity index (χ1n) is 6.87. The molecule has 1 heterocycles. The zero-order valence-electron chi connectivity index (χ0n) is 11.6. The van der Waals surface area contributed by atoms with E-state index in [0.29, 0.717) is 13.1 Å². The van der Waals surface area contributed by atoms with Gasteiger partial charge in [0.15, 0.2) is 0 Å². The number of anilines is 1. The fourth-order valence-corrected chi connectivity index (χ4v) is 3.51. The minimum atomic E-state index is -3.40. The third kappa shape index (κ3) is 3.37. The zero-order valence-corrected chi connectivity index (χ0v) is 12.4. The molecule has 0 bridgehead atoms. The Kier molecular flexibility index (Phi) is 4.77. The highest BCUT2D eigenvalue weighted by molar-refractivity contribution is 7.89. The van der Waals surface area contributed by atoms with Gasteiger partial charge < -0.3 is 9.69 Å². The van der Waals surface area contributed by atoms with Crippen molar-refractivity contribution < 1.29 is 13.2 Å². The van der Waals surface area contributed by atoms with Crippen molar-refractivity contribution in [2.75, 3.05) is 24.5 Å². The molecule has 5 nitrogen and oxygen atoms in total. The summed E-state index contributed by atoms with van der Waals surface area (Å²) in [5.74, 6) is 0.0777. The van der Waals surface area contributed by atoms with E-state index in [1.807, 2.05) is 0 Å². The predicted molar refractivity (Wildman–Crippen MR) is 78.3 cm³/mol. The number of piperidine rings is 1. The first-order valence-corrected chi connectivity index (χ1v) is 8.35. The second-order valence-corrected chi connectivity index (χ2v) is 6.75. The van der Waals surface area contributed by atoms with E-state index in [1.165, 1.54) is 0 Å². The molecular formula is C14H20N2O3S. The summed E-state index contributed by atoms with van der Waals surface area (Å²) in [4.78, 5) is 13.3. The van der Waals surface area contributed by atoms with E-state index in [4.69, 9.17) is 0 Å². The van der Waals surface area contributed by atoms with Crippen LogP contribution in [0.5, 0.6) is 0 Å². The third-order valence-corrected chi connectivity index (χ3v) is 5.06. The fourth-order valence-electron chi connectivity index (χ4n) is 2.47. The number of hydrogen-bond acceptors (Lipinski definition) is 4. The number of sulfonamides is 1. The largest absolute Gasteiger partial charge is 0.371 e. The lowest BCUT2D eigenvalue weighted by molar-refractivity contribution is -0.111. The molecule has 1 fully saturated rings. The van der Waals surface area contributed by atoms with Gasteiger partial charge in [-0.05, 0) is 37.1 Å². The van der Waals surface area contributed by atoms with Gasteiger partial charge in [0.25, 0.3) is 0 Å². The standard InChI is InChI=1S/C14H20N2O3S/c1-2-15-20(18,19)14-7-5-13(6-8-14)16-9-3-4-12(10-16)11-17/h5-8,11-12,15H,2-4,9-10H2,1H3. The lowest BCUT2D eigenvalue weighted by atomic mass is 9.99. The quantitative estimate of drug-likeness (QED) is 0.834. The van der Waals surface area contributed by atoms with E-state index in [1.54, 1.807) is 31.2 Å². The van der Waals surface area contributed by atoms with Crippen LogP contribution in [-0.2, 0) is 14.8 Å². The molecule has 1 saturated heterocycles. The van der Waals surface area contributed by atoms with Gasteiger partial charge in [0.1, 0.15) is 6.29 Å². The first kappa shape index (κ1) is 15.0. The Morgan fingerprint density at radius 1 is 1.35 bits per heavy atom. The Labute approximate surface area is 120 Å². The average Bonchev–Trinajstić information content (AvgIpc) is 2.47. The molecule has 0 saturated carbocycles. The second-order valence-electron chi connectivity index (χ2n) is 4.98. The third-order valence-electron chi connectivity index (χ3n) is 3.50. The van der Waals surface area contributed by atoms with E-state index in [9.17, 15) is 13.2 Å². The van der Waals surface area contributed by atoms with Gasteiger partial charge in [0.05, 0.1) is 4.90 Å². The van der Waals surface area contributed by atoms with Gasteiger partial charge >= 0.3 is 0 Å². The van der Waals surface area contributed by atoms with E-state index in [-0.39, 0.29) is 10.8 Å². The fraction of sp³-hybridized carbons (Fsp3) is 0.500. The number of aldehydes is 1. The van der Waals surface area contributed by atoms with Crippen molar-refractivity contribution in [1.82, 2.24) is 4.72 Å². The predicted octanol–water partition coefficient (Wildman–Crippen LogP) is 1.40. The molecule has 1 aromatic rings. The van der Waals surface area contributed by atoms with Crippen LogP contribution in [0.25, 0.3) is 0 Å². The molecule has 1 aliphatic rings. The summed E-state index contributed by atoms with van der Waals surface area (Å²) in [5.41, 5.74) is 0.965. The van der Waals surface area contributed by atoms with Crippen LogP contribution in [0.4, 0.5) is 5.69 Å². The molecule has 2 rings (SSSR count). The van der Waals surface area contributed by atoms with E-state index >= 15 is 0 Å². The van der Waals surface area contributed by atoms with Crippen molar-refractivity contribution >= 4 is 22.0 Å². The summed E-state index contributed by atoms with van der Waals surface area (Å²) in [7, 11) is -3.40. The number of hydrogen-bond donors (Lipinski definition) is 1. The number of benzene rings is 1. The minimum Gasteiger partial charge on any atom is -0.371 e. The molecule has 0 spiro atoms. The Balaban J connectivity index is 2.14. The van der Waals surface area contributed by atoms with Gasteiger partial charge in [-0.3, -0.25) is 0 Å². The van der Waals surface area contributed by atoms with E-state index in [0.717, 1.165) is 31.4 Å². The molecular weight excluding hydrogens is 276 g/mol. The highest BCUT2D eigenvalue weighted by atomic mass is 32.2. The molecule has 0 amide bonds. The van der Waals surface area contributed by atoms with Gasteiger partial charge in [0, 0.05) is 31.2 Å². The molecule has 0 aromatic heterocycles. The molecule has 0 radical (unpaired) electrons. The van der Waals surface area contributed by atoms with Crippen molar-refractivity contribution in [3.63, 3.8) is 0 Å². The maximum atomic E-state index is 11.8. The van der Waals surface area contributed by atoms with E-state index < -0.39 is 10.0 Å². The van der Waals surface area contributed by atoms with Gasteiger partial charge in [-0.25, -0.2) is 13.1 Å². The molecule has 20 heavy (non-hydrogen) atoms. The second kappa shape index (κ2) is 6.37. The maximum absolute atomic E-state index is 11.8. The Morgan fingerprint density at radius 3 is 2.65 bits per heavy atom. The lowest BCUT2D eigenvalue weighted by Gasteiger charge is -2.32. The molecule has 110 valence electrons. The minimum absolute atomic E-state index is 0.0777. The Bertz CT molecular complexity index is 554. The SMILES string of the molecule is CCNS(=O)(=O)c1ccc(N2CCCC(C=O)C2)cc1. The van der Waals surface area contributed by atoms with Crippen molar-refractivity contribution in [3.05, 3.63) is 24.3 Å². The summed E-state index contributed by atoms with van der Waals surface area (Å²) in [5, 5.41) is 0. The topological polar surface area (TPSA) is 66.5 Å². The monoisotopic (exact) mass is 296 g/mol. The van der Waals surface area contributed by atoms with Crippen LogP contribution in [0.2, 0.25) is 0 Å². The number of rotatable bonds is 5. The summed E-state index contributed by atoms with van der Waals surface area (Å²) < 4.78 is 26.2. The van der Waals surface area contributed by atoms with Gasteiger partial charge in [0.2, 0.25) is 10.0 Å². The smallest absolute Gasteiger partial charge is 0.240 e. The van der Waals surface area contributed by atoms with Gasteiger partial charge in [-0.15, -0.1) is 0 Å². The maximum Gasteiger partial charge on any atom is 0.240 e. The van der Waals surface area contributed by atoms with Crippen LogP contribution < -0.4 is 9.62 Å². The van der Waals surface area contributed by atoms with Crippen LogP contribution >= 0.6 is 0 Å². The van der Waals surface area contributed by atoms with Crippen molar-refractivity contribution in [2.45, 2.75) is 24.7 Å². The molecule has 1 aromatic carbocycles. The van der Waals surface area contributed by atoms with Crippen LogP contribution in [-0.4, -0.2) is 34.3 Å². The van der Waals surface area contributed by atoms with Crippen LogP contribution in [0, 0.1) is 5.92 Å².